The van der Waals surface area contributed by atoms with E-state index in [0.29, 0.717) is 13.0 Å². The Bertz CT molecular complexity index is 509. The average Bonchev–Trinajstić information content (AvgIpc) is 3.13. The molecular formula is C17H22O2. The Morgan fingerprint density at radius 3 is 2.79 bits per heavy atom. The van der Waals surface area contributed by atoms with E-state index in [4.69, 9.17) is 4.74 Å². The van der Waals surface area contributed by atoms with E-state index in [2.05, 4.69) is 38.7 Å². The SMILES string of the molecule is C=CCC12C(=O)C3(CO3)C(C)(C=C1C)CC2C=CC. The quantitative estimate of drug-likeness (QED) is 0.573. The van der Waals surface area contributed by atoms with Gasteiger partial charge in [-0.2, -0.15) is 0 Å². The number of carbonyl (C=O) groups excluding carboxylic acids is 1. The molecule has 0 N–H and O–H groups in total. The summed E-state index contributed by atoms with van der Waals surface area (Å²) in [5.74, 6) is 0.560. The molecule has 4 unspecified atom stereocenters. The van der Waals surface area contributed by atoms with Crippen molar-refractivity contribution in [1.29, 1.82) is 0 Å². The van der Waals surface area contributed by atoms with Crippen molar-refractivity contribution < 1.29 is 9.53 Å². The first-order valence-electron chi connectivity index (χ1n) is 7.09. The van der Waals surface area contributed by atoms with Crippen LogP contribution in [0.2, 0.25) is 0 Å². The molecule has 2 nitrogen and oxygen atoms in total. The number of allylic oxidation sites excluding steroid dienone is 4. The Hall–Kier alpha value is -1.15. The number of ketones is 1. The first-order valence-corrected chi connectivity index (χ1v) is 7.09. The zero-order chi connectivity index (χ0) is 13.9. The number of hydrogen-bond acceptors (Lipinski definition) is 2. The van der Waals surface area contributed by atoms with Crippen LogP contribution in [-0.4, -0.2) is 18.0 Å². The van der Waals surface area contributed by atoms with Gasteiger partial charge in [-0.3, -0.25) is 4.79 Å². The molecule has 1 saturated carbocycles. The van der Waals surface area contributed by atoms with Crippen LogP contribution in [0.5, 0.6) is 0 Å². The molecule has 4 atom stereocenters. The Morgan fingerprint density at radius 1 is 1.58 bits per heavy atom. The number of carbonyl (C=O) groups is 1. The molecule has 0 aromatic carbocycles. The molecule has 0 amide bonds. The summed E-state index contributed by atoms with van der Waals surface area (Å²) in [5, 5.41) is 0. The van der Waals surface area contributed by atoms with E-state index in [-0.39, 0.29) is 17.1 Å². The van der Waals surface area contributed by atoms with Crippen molar-refractivity contribution in [1.82, 2.24) is 0 Å². The van der Waals surface area contributed by atoms with Crippen molar-refractivity contribution in [3.8, 4) is 0 Å². The average molecular weight is 258 g/mol. The Labute approximate surface area is 115 Å². The van der Waals surface area contributed by atoms with Gasteiger partial charge in [0.15, 0.2) is 11.4 Å². The minimum Gasteiger partial charge on any atom is -0.360 e. The van der Waals surface area contributed by atoms with Crippen LogP contribution in [0.3, 0.4) is 0 Å². The van der Waals surface area contributed by atoms with Crippen LogP contribution in [0.4, 0.5) is 0 Å². The third-order valence-corrected chi connectivity index (χ3v) is 5.53. The van der Waals surface area contributed by atoms with Crippen molar-refractivity contribution in [2.24, 2.45) is 16.7 Å². The highest BCUT2D eigenvalue weighted by atomic mass is 16.6. The van der Waals surface area contributed by atoms with E-state index in [1.54, 1.807) is 0 Å². The number of epoxide rings is 1. The molecule has 2 bridgehead atoms. The molecule has 2 fully saturated rings. The van der Waals surface area contributed by atoms with Gasteiger partial charge in [0.25, 0.3) is 0 Å². The van der Waals surface area contributed by atoms with Crippen molar-refractivity contribution >= 4 is 5.78 Å². The molecule has 102 valence electrons. The van der Waals surface area contributed by atoms with Crippen LogP contribution in [0.1, 0.15) is 33.6 Å². The number of Topliss-reactive ketones (excluding diaryl/α,β-unsaturated/α-hetero) is 1. The van der Waals surface area contributed by atoms with E-state index in [0.717, 1.165) is 6.42 Å². The van der Waals surface area contributed by atoms with Gasteiger partial charge in [0.05, 0.1) is 12.0 Å². The summed E-state index contributed by atoms with van der Waals surface area (Å²) in [7, 11) is 0. The fraction of sp³-hybridized carbons (Fsp3) is 0.588. The largest absolute Gasteiger partial charge is 0.360 e. The standard InChI is InChI=1S/C17H22O2/c1-5-7-13-10-15(4)9-12(3)16(13,8-6-2)14(18)17(15)11-19-17/h5-7,9,13H,2,8,10-11H2,1,3-4H3. The summed E-state index contributed by atoms with van der Waals surface area (Å²) in [6.07, 6.45) is 10.2. The molecule has 4 aliphatic rings. The lowest BCUT2D eigenvalue weighted by Gasteiger charge is -2.56. The predicted molar refractivity (Wildman–Crippen MR) is 75.7 cm³/mol. The second kappa shape index (κ2) is 3.69. The Morgan fingerprint density at radius 2 is 2.26 bits per heavy atom. The minimum atomic E-state index is -0.534. The van der Waals surface area contributed by atoms with E-state index in [1.165, 1.54) is 5.57 Å². The highest BCUT2D eigenvalue weighted by molar-refractivity contribution is 6.01. The summed E-state index contributed by atoms with van der Waals surface area (Å²) >= 11 is 0. The zero-order valence-corrected chi connectivity index (χ0v) is 12.0. The molecule has 2 heteroatoms. The lowest BCUT2D eigenvalue weighted by Crippen LogP contribution is -2.62. The number of hydrogen-bond donors (Lipinski definition) is 0. The van der Waals surface area contributed by atoms with E-state index < -0.39 is 11.0 Å². The Balaban J connectivity index is 2.21. The number of fused-ring (bicyclic) bond motifs is 1. The van der Waals surface area contributed by atoms with Crippen LogP contribution in [0.15, 0.2) is 36.5 Å². The van der Waals surface area contributed by atoms with E-state index in [1.807, 2.05) is 13.0 Å². The van der Waals surface area contributed by atoms with Crippen molar-refractivity contribution in [2.75, 3.05) is 6.61 Å². The predicted octanol–water partition coefficient (Wildman–Crippen LogP) is 3.45. The van der Waals surface area contributed by atoms with Crippen LogP contribution in [-0.2, 0) is 9.53 Å². The monoisotopic (exact) mass is 258 g/mol. The highest BCUT2D eigenvalue weighted by Crippen LogP contribution is 2.67. The number of ether oxygens (including phenoxy) is 1. The zero-order valence-electron chi connectivity index (χ0n) is 12.0. The van der Waals surface area contributed by atoms with Crippen molar-refractivity contribution in [3.63, 3.8) is 0 Å². The number of rotatable bonds is 3. The van der Waals surface area contributed by atoms with Gasteiger partial charge in [-0.15, -0.1) is 6.58 Å². The maximum Gasteiger partial charge on any atom is 0.178 e. The summed E-state index contributed by atoms with van der Waals surface area (Å²) in [4.78, 5) is 13.1. The summed E-state index contributed by atoms with van der Waals surface area (Å²) in [6, 6.07) is 0. The van der Waals surface area contributed by atoms with Crippen molar-refractivity contribution in [2.45, 2.75) is 39.2 Å². The molecule has 0 radical (unpaired) electrons. The smallest absolute Gasteiger partial charge is 0.178 e. The van der Waals surface area contributed by atoms with Gasteiger partial charge in [0, 0.05) is 5.41 Å². The minimum absolute atomic E-state index is 0.138. The van der Waals surface area contributed by atoms with Crippen LogP contribution < -0.4 is 0 Å². The van der Waals surface area contributed by atoms with E-state index >= 15 is 0 Å². The van der Waals surface area contributed by atoms with E-state index in [9.17, 15) is 4.79 Å². The summed E-state index contributed by atoms with van der Waals surface area (Å²) < 4.78 is 5.68. The normalized spacial score (nSPS) is 47.8. The van der Waals surface area contributed by atoms with Crippen molar-refractivity contribution in [3.05, 3.63) is 36.5 Å². The molecule has 1 heterocycles. The lowest BCUT2D eigenvalue weighted by atomic mass is 9.45. The maximum atomic E-state index is 13.1. The topological polar surface area (TPSA) is 29.6 Å². The van der Waals surface area contributed by atoms with Crippen LogP contribution >= 0.6 is 0 Å². The van der Waals surface area contributed by atoms with Gasteiger partial charge in [0.2, 0.25) is 0 Å². The first-order chi connectivity index (χ1) is 8.97. The second-order valence-corrected chi connectivity index (χ2v) is 6.49. The van der Waals surface area contributed by atoms with Gasteiger partial charge in [-0.1, -0.05) is 36.8 Å². The lowest BCUT2D eigenvalue weighted by molar-refractivity contribution is -0.147. The van der Waals surface area contributed by atoms with Gasteiger partial charge < -0.3 is 4.74 Å². The second-order valence-electron chi connectivity index (χ2n) is 6.49. The van der Waals surface area contributed by atoms with Crippen LogP contribution in [0.25, 0.3) is 0 Å². The van der Waals surface area contributed by atoms with Gasteiger partial charge >= 0.3 is 0 Å². The molecule has 1 aliphatic heterocycles. The van der Waals surface area contributed by atoms with Gasteiger partial charge in [-0.25, -0.2) is 0 Å². The summed E-state index contributed by atoms with van der Waals surface area (Å²) in [5.41, 5.74) is 0.118. The van der Waals surface area contributed by atoms with Gasteiger partial charge in [-0.05, 0) is 32.6 Å². The molecule has 3 aliphatic carbocycles. The maximum absolute atomic E-state index is 13.1. The first kappa shape index (κ1) is 12.9. The fourth-order valence-electron chi connectivity index (χ4n) is 4.47. The molecular weight excluding hydrogens is 236 g/mol. The third-order valence-electron chi connectivity index (χ3n) is 5.53. The molecule has 0 aromatic heterocycles. The third kappa shape index (κ3) is 1.28. The Kier molecular flexibility index (Phi) is 2.50. The molecule has 4 rings (SSSR count). The van der Waals surface area contributed by atoms with Crippen LogP contribution in [0, 0.1) is 16.7 Å². The molecule has 1 saturated heterocycles. The molecule has 19 heavy (non-hydrogen) atoms. The summed E-state index contributed by atoms with van der Waals surface area (Å²) in [6.45, 7) is 10.8. The highest BCUT2D eigenvalue weighted by Gasteiger charge is 2.75. The van der Waals surface area contributed by atoms with Gasteiger partial charge in [0.1, 0.15) is 0 Å². The molecule has 0 aromatic rings. The molecule has 1 spiro atoms. The fourth-order valence-corrected chi connectivity index (χ4v) is 4.47.